The second-order valence-electron chi connectivity index (χ2n) is 6.54. The van der Waals surface area contributed by atoms with E-state index >= 15 is 0 Å². The van der Waals surface area contributed by atoms with Gasteiger partial charge in [-0.3, -0.25) is 0 Å². The van der Waals surface area contributed by atoms with Crippen LogP contribution in [-0.2, 0) is 6.54 Å². The van der Waals surface area contributed by atoms with Gasteiger partial charge in [0.1, 0.15) is 11.3 Å². The maximum Gasteiger partial charge on any atom is 0.265 e. The first-order valence-electron chi connectivity index (χ1n) is 9.42. The number of hydrogen-bond acceptors (Lipinski definition) is 5. The fourth-order valence-corrected chi connectivity index (χ4v) is 4.26. The van der Waals surface area contributed by atoms with Crippen LogP contribution in [0.15, 0.2) is 56.6 Å². The normalized spacial score (nSPS) is 11.7. The van der Waals surface area contributed by atoms with Gasteiger partial charge in [-0.05, 0) is 49.4 Å². The highest BCUT2D eigenvalue weighted by atomic mass is 32.1. The third kappa shape index (κ3) is 3.71. The minimum Gasteiger partial charge on any atom is -0.456 e. The van der Waals surface area contributed by atoms with Gasteiger partial charge in [0.25, 0.3) is 11.4 Å². The minimum absolute atomic E-state index is 0.0320. The van der Waals surface area contributed by atoms with Crippen LogP contribution in [0.2, 0.25) is 0 Å². The van der Waals surface area contributed by atoms with Crippen LogP contribution in [0.1, 0.15) is 17.6 Å². The highest BCUT2D eigenvalue weighted by Gasteiger charge is 2.17. The van der Waals surface area contributed by atoms with Crippen LogP contribution < -0.4 is 0 Å². The van der Waals surface area contributed by atoms with E-state index in [1.165, 1.54) is 17.4 Å². The van der Waals surface area contributed by atoms with Crippen LogP contribution in [0, 0.1) is 35.8 Å². The fraction of sp³-hybridized carbons (Fsp3) is 0.0833. The minimum atomic E-state index is -0.0411. The molecule has 0 aromatic carbocycles. The molecule has 4 rings (SSSR count). The lowest BCUT2D eigenvalue weighted by Gasteiger charge is -2.08. The molecule has 0 unspecified atom stereocenters. The molecular formula is C24H13N5O2S. The van der Waals surface area contributed by atoms with Crippen molar-refractivity contribution < 1.29 is 8.83 Å². The summed E-state index contributed by atoms with van der Waals surface area (Å²) in [7, 11) is 0. The summed E-state index contributed by atoms with van der Waals surface area (Å²) in [6, 6.07) is 14.9. The van der Waals surface area contributed by atoms with Crippen molar-refractivity contribution in [1.29, 1.82) is 10.5 Å². The molecule has 152 valence electrons. The summed E-state index contributed by atoms with van der Waals surface area (Å²) >= 11 is 1.45. The Morgan fingerprint density at radius 3 is 2.31 bits per heavy atom. The summed E-state index contributed by atoms with van der Waals surface area (Å²) in [5.41, 5.74) is 2.42. The second-order valence-corrected chi connectivity index (χ2v) is 7.66. The molecule has 0 fully saturated rings. The fourth-order valence-electron chi connectivity index (χ4n) is 3.31. The number of nitriles is 2. The van der Waals surface area contributed by atoms with E-state index < -0.39 is 0 Å². The molecule has 0 N–H and O–H groups in total. The first kappa shape index (κ1) is 20.5. The average molecular weight is 435 g/mol. The second kappa shape index (κ2) is 8.54. The quantitative estimate of drug-likeness (QED) is 0.254. The van der Waals surface area contributed by atoms with Crippen molar-refractivity contribution in [3.05, 3.63) is 81.3 Å². The van der Waals surface area contributed by atoms with E-state index in [2.05, 4.69) is 14.3 Å². The van der Waals surface area contributed by atoms with Crippen LogP contribution in [0.25, 0.3) is 55.0 Å². The van der Waals surface area contributed by atoms with Crippen molar-refractivity contribution in [2.75, 3.05) is 0 Å². The number of rotatable bonds is 5. The number of thiophene rings is 1. The Morgan fingerprint density at radius 1 is 1.00 bits per heavy atom. The van der Waals surface area contributed by atoms with Crippen molar-refractivity contribution in [3.8, 4) is 35.0 Å². The van der Waals surface area contributed by atoms with Gasteiger partial charge in [-0.15, -0.1) is 11.3 Å². The number of nitrogens with zero attached hydrogens (tertiary/aromatic N) is 5. The predicted octanol–water partition coefficient (Wildman–Crippen LogP) is 6.81. The third-order valence-electron chi connectivity index (χ3n) is 4.68. The molecule has 4 aromatic heterocycles. The number of aromatic nitrogens is 1. The molecule has 0 radical (unpaired) electrons. The van der Waals surface area contributed by atoms with Crippen LogP contribution in [0.4, 0.5) is 0 Å². The highest BCUT2D eigenvalue weighted by Crippen LogP contribution is 2.37. The van der Waals surface area contributed by atoms with Crippen LogP contribution in [-0.4, -0.2) is 4.57 Å². The molecular weight excluding hydrogens is 422 g/mol. The molecule has 0 bridgehead atoms. The molecule has 0 saturated heterocycles. The van der Waals surface area contributed by atoms with Crippen molar-refractivity contribution in [2.45, 2.75) is 13.5 Å². The molecule has 0 atom stereocenters. The standard InChI is InChI=1S/C24H13N5O2S/c1-4-29-19(21-8-5-17(30-21)9-15(13-25)27-2)6-7-20(29)22-12-24-23(31-22)11-18(32-24)10-16(14-26)28-3/h5-12H,4H2,1H3/b15-9+,16-10-. The summed E-state index contributed by atoms with van der Waals surface area (Å²) < 4.78 is 14.9. The van der Waals surface area contributed by atoms with E-state index in [-0.39, 0.29) is 11.4 Å². The molecule has 32 heavy (non-hydrogen) atoms. The molecule has 4 heterocycles. The number of allylic oxidation sites excluding steroid dienone is 2. The van der Waals surface area contributed by atoms with E-state index in [4.69, 9.17) is 32.5 Å². The summed E-state index contributed by atoms with van der Waals surface area (Å²) in [6.45, 7) is 16.7. The topological polar surface area (TPSA) is 87.5 Å². The van der Waals surface area contributed by atoms with Crippen molar-refractivity contribution in [3.63, 3.8) is 0 Å². The third-order valence-corrected chi connectivity index (χ3v) is 5.69. The van der Waals surface area contributed by atoms with Gasteiger partial charge in [0.05, 0.1) is 41.4 Å². The van der Waals surface area contributed by atoms with Crippen LogP contribution in [0.5, 0.6) is 0 Å². The molecule has 0 saturated carbocycles. The Labute approximate surface area is 187 Å². The number of furan rings is 2. The molecule has 0 aliphatic carbocycles. The molecule has 4 aromatic rings. The van der Waals surface area contributed by atoms with Gasteiger partial charge < -0.3 is 13.4 Å². The van der Waals surface area contributed by atoms with Crippen LogP contribution >= 0.6 is 11.3 Å². The van der Waals surface area contributed by atoms with Gasteiger partial charge in [0, 0.05) is 17.5 Å². The van der Waals surface area contributed by atoms with Gasteiger partial charge in [-0.1, -0.05) is 0 Å². The van der Waals surface area contributed by atoms with Gasteiger partial charge in [-0.2, -0.15) is 0 Å². The van der Waals surface area contributed by atoms with Crippen molar-refractivity contribution in [2.24, 2.45) is 0 Å². The van der Waals surface area contributed by atoms with E-state index in [0.29, 0.717) is 29.4 Å². The number of fused-ring (bicyclic) bond motifs is 1. The molecule has 0 spiro atoms. The van der Waals surface area contributed by atoms with E-state index in [0.717, 1.165) is 21.0 Å². The molecule has 7 nitrogen and oxygen atoms in total. The monoisotopic (exact) mass is 435 g/mol. The molecule has 8 heteroatoms. The van der Waals surface area contributed by atoms with Gasteiger partial charge in [-0.25, -0.2) is 20.2 Å². The van der Waals surface area contributed by atoms with Gasteiger partial charge in [0.2, 0.25) is 0 Å². The van der Waals surface area contributed by atoms with Crippen LogP contribution in [0.3, 0.4) is 0 Å². The Kier molecular flexibility index (Phi) is 5.47. The maximum absolute atomic E-state index is 8.94. The first-order chi connectivity index (χ1) is 15.6. The molecule has 0 aliphatic rings. The SMILES string of the molecule is [C-]#[N+]/C(C#N)=C\c1cc2oc(-c3ccc(-c4ccc(/C=C(\C#N)[N+]#[C-])o4)n3CC)cc2s1. The summed E-state index contributed by atoms with van der Waals surface area (Å²) in [4.78, 5) is 7.12. The maximum atomic E-state index is 8.94. The first-order valence-corrected chi connectivity index (χ1v) is 10.2. The Bertz CT molecular complexity index is 1500. The van der Waals surface area contributed by atoms with Crippen molar-refractivity contribution in [1.82, 2.24) is 4.57 Å². The van der Waals surface area contributed by atoms with E-state index in [1.807, 2.05) is 43.3 Å². The number of hydrogen-bond donors (Lipinski definition) is 0. The lowest BCUT2D eigenvalue weighted by atomic mass is 10.3. The zero-order valence-corrected chi connectivity index (χ0v) is 17.6. The lowest BCUT2D eigenvalue weighted by Crippen LogP contribution is -1.98. The van der Waals surface area contributed by atoms with Gasteiger partial charge >= 0.3 is 0 Å². The Hall–Kier alpha value is -4.76. The molecule has 0 amide bonds. The highest BCUT2D eigenvalue weighted by molar-refractivity contribution is 7.19. The van der Waals surface area contributed by atoms with Crippen molar-refractivity contribution >= 4 is 33.8 Å². The van der Waals surface area contributed by atoms with E-state index in [9.17, 15) is 0 Å². The predicted molar refractivity (Wildman–Crippen MR) is 121 cm³/mol. The summed E-state index contributed by atoms with van der Waals surface area (Å²) in [6.07, 6.45) is 2.96. The Balaban J connectivity index is 1.69. The average Bonchev–Trinajstić information content (AvgIpc) is 3.57. The summed E-state index contributed by atoms with van der Waals surface area (Å²) in [5.74, 6) is 1.76. The summed E-state index contributed by atoms with van der Waals surface area (Å²) in [5, 5.41) is 17.9. The Morgan fingerprint density at radius 2 is 1.69 bits per heavy atom. The van der Waals surface area contributed by atoms with Gasteiger partial charge in [0.15, 0.2) is 11.5 Å². The van der Waals surface area contributed by atoms with E-state index in [1.54, 1.807) is 18.2 Å². The largest absolute Gasteiger partial charge is 0.456 e. The zero-order chi connectivity index (χ0) is 22.7. The smallest absolute Gasteiger partial charge is 0.265 e. The lowest BCUT2D eigenvalue weighted by molar-refractivity contribution is 0.562. The molecule has 0 aliphatic heterocycles. The zero-order valence-electron chi connectivity index (χ0n) is 16.8.